The number of carboxylic acid groups (broad SMARTS) is 1. The van der Waals surface area contributed by atoms with Crippen molar-refractivity contribution < 1.29 is 36.6 Å². The summed E-state index contributed by atoms with van der Waals surface area (Å²) < 4.78 is 61.8. The van der Waals surface area contributed by atoms with Crippen molar-refractivity contribution in [2.75, 3.05) is 13.1 Å². The maximum Gasteiger partial charge on any atom is 0.490 e. The van der Waals surface area contributed by atoms with Gasteiger partial charge in [0, 0.05) is 53.2 Å². The first kappa shape index (κ1) is 33.7. The standard InChI is InChI=1S/C28H30Cl2F2N4O.C2HF3O2/c1-16-11-25(36(34-16)26-12-18(29)3-6-23(26)30)17-7-9-35(10-8-17)27(37)22-15-28(2,33)14-21(22)20-5-4-19(31)13-24(20)32;3-2(4,5)1(6)7/h3-6,11-13,17,21-22H,7-10,14-15,33H2,1-2H3;(H,6,7)/t21-,22+,28-;/m0./s1. The van der Waals surface area contributed by atoms with E-state index >= 15 is 0 Å². The summed E-state index contributed by atoms with van der Waals surface area (Å²) in [6.45, 7) is 4.99. The van der Waals surface area contributed by atoms with Gasteiger partial charge in [-0.2, -0.15) is 18.3 Å². The van der Waals surface area contributed by atoms with E-state index < -0.39 is 35.2 Å². The molecule has 5 rings (SSSR count). The normalized spacial score (nSPS) is 22.5. The van der Waals surface area contributed by atoms with Crippen molar-refractivity contribution in [3.05, 3.63) is 81.1 Å². The van der Waals surface area contributed by atoms with Gasteiger partial charge < -0.3 is 15.7 Å². The van der Waals surface area contributed by atoms with Crippen LogP contribution in [0.3, 0.4) is 0 Å². The molecule has 1 aliphatic heterocycles. The lowest BCUT2D eigenvalue weighted by atomic mass is 9.86. The largest absolute Gasteiger partial charge is 0.490 e. The lowest BCUT2D eigenvalue weighted by molar-refractivity contribution is -0.192. The summed E-state index contributed by atoms with van der Waals surface area (Å²) in [6, 6.07) is 10.9. The SMILES string of the molecule is Cc1cc(C2CCN(C(=O)[C@@H]3C[C@@](C)(N)C[C@H]3c3ccc(F)cc3F)CC2)n(-c2cc(Cl)ccc2Cl)n1.O=C(O)C(F)(F)F. The molecule has 0 bridgehead atoms. The number of benzene rings is 2. The van der Waals surface area contributed by atoms with Crippen LogP contribution in [0, 0.1) is 24.5 Å². The summed E-state index contributed by atoms with van der Waals surface area (Å²) in [5, 5.41) is 12.9. The molecule has 3 atom stereocenters. The molecule has 2 heterocycles. The molecule has 2 fully saturated rings. The Morgan fingerprint density at radius 1 is 1.05 bits per heavy atom. The molecule has 3 N–H and O–H groups in total. The Bertz CT molecular complexity index is 1540. The fourth-order valence-corrected chi connectivity index (χ4v) is 6.41. The van der Waals surface area contributed by atoms with Crippen LogP contribution < -0.4 is 5.73 Å². The number of hydrogen-bond donors (Lipinski definition) is 2. The van der Waals surface area contributed by atoms with Crippen LogP contribution in [-0.4, -0.2) is 56.5 Å². The summed E-state index contributed by atoms with van der Waals surface area (Å²) in [5.41, 5.74) is 8.85. The van der Waals surface area contributed by atoms with Gasteiger partial charge in [0.25, 0.3) is 0 Å². The Balaban J connectivity index is 0.000000566. The van der Waals surface area contributed by atoms with Crippen molar-refractivity contribution in [2.24, 2.45) is 11.7 Å². The van der Waals surface area contributed by atoms with Crippen molar-refractivity contribution in [1.82, 2.24) is 14.7 Å². The van der Waals surface area contributed by atoms with Crippen LogP contribution in [0.4, 0.5) is 22.0 Å². The monoisotopic (exact) mass is 660 g/mol. The van der Waals surface area contributed by atoms with E-state index in [4.69, 9.17) is 38.8 Å². The molecule has 14 heteroatoms. The minimum Gasteiger partial charge on any atom is -0.475 e. The van der Waals surface area contributed by atoms with Gasteiger partial charge in [-0.25, -0.2) is 18.3 Å². The quantitative estimate of drug-likeness (QED) is 0.293. The summed E-state index contributed by atoms with van der Waals surface area (Å²) >= 11 is 12.7. The number of amides is 1. The van der Waals surface area contributed by atoms with Crippen LogP contribution >= 0.6 is 23.2 Å². The number of carboxylic acids is 1. The van der Waals surface area contributed by atoms with Crippen molar-refractivity contribution in [2.45, 2.75) is 63.1 Å². The van der Waals surface area contributed by atoms with E-state index in [1.54, 1.807) is 18.2 Å². The van der Waals surface area contributed by atoms with Gasteiger partial charge in [-0.1, -0.05) is 29.3 Å². The van der Waals surface area contributed by atoms with Gasteiger partial charge in [-0.3, -0.25) is 4.79 Å². The Hall–Kier alpha value is -3.22. The van der Waals surface area contributed by atoms with E-state index in [9.17, 15) is 26.7 Å². The Kier molecular flexibility index (Phi) is 9.96. The zero-order valence-corrected chi connectivity index (χ0v) is 25.4. The Labute approximate surface area is 260 Å². The van der Waals surface area contributed by atoms with Crippen molar-refractivity contribution in [1.29, 1.82) is 0 Å². The molecule has 1 amide bonds. The van der Waals surface area contributed by atoms with Crippen LogP contribution in [0.15, 0.2) is 42.5 Å². The molecule has 44 heavy (non-hydrogen) atoms. The molecular weight excluding hydrogens is 630 g/mol. The summed E-state index contributed by atoms with van der Waals surface area (Å²) in [7, 11) is 0. The molecule has 1 aromatic heterocycles. The van der Waals surface area contributed by atoms with E-state index in [1.165, 1.54) is 12.1 Å². The molecule has 1 saturated heterocycles. The van der Waals surface area contributed by atoms with Gasteiger partial charge in [0.1, 0.15) is 11.6 Å². The minimum atomic E-state index is -5.08. The number of nitrogens with zero attached hydrogens (tertiary/aromatic N) is 3. The molecule has 1 aliphatic carbocycles. The molecule has 0 spiro atoms. The van der Waals surface area contributed by atoms with Crippen LogP contribution in [0.5, 0.6) is 0 Å². The van der Waals surface area contributed by atoms with Gasteiger partial charge >= 0.3 is 12.1 Å². The number of rotatable bonds is 4. The van der Waals surface area contributed by atoms with Gasteiger partial charge in [0.05, 0.1) is 16.4 Å². The smallest absolute Gasteiger partial charge is 0.475 e. The predicted molar refractivity (Wildman–Crippen MR) is 155 cm³/mol. The number of carbonyl (C=O) groups is 2. The number of aromatic nitrogens is 2. The molecule has 2 aliphatic rings. The van der Waals surface area contributed by atoms with Crippen LogP contribution in [0.1, 0.15) is 61.4 Å². The fraction of sp³-hybridized carbons (Fsp3) is 0.433. The van der Waals surface area contributed by atoms with Gasteiger partial charge in [0.2, 0.25) is 5.91 Å². The third-order valence-electron chi connectivity index (χ3n) is 8.00. The first-order valence-corrected chi connectivity index (χ1v) is 14.6. The number of aliphatic carboxylic acids is 1. The Morgan fingerprint density at radius 2 is 1.68 bits per heavy atom. The molecular formula is C30H31Cl2F5N4O3. The average Bonchev–Trinajstić information content (AvgIpc) is 3.48. The second-order valence-electron chi connectivity index (χ2n) is 11.6. The average molecular weight is 661 g/mol. The van der Waals surface area contributed by atoms with Gasteiger partial charge in [-0.15, -0.1) is 0 Å². The van der Waals surface area contributed by atoms with E-state index in [2.05, 4.69) is 11.2 Å². The molecule has 7 nitrogen and oxygen atoms in total. The number of hydrogen-bond acceptors (Lipinski definition) is 4. The lowest BCUT2D eigenvalue weighted by Gasteiger charge is -2.35. The number of aryl methyl sites for hydroxylation is 1. The highest BCUT2D eigenvalue weighted by molar-refractivity contribution is 6.34. The first-order chi connectivity index (χ1) is 20.5. The van der Waals surface area contributed by atoms with Crippen molar-refractivity contribution >= 4 is 35.1 Å². The number of nitrogens with two attached hydrogens (primary N) is 1. The first-order valence-electron chi connectivity index (χ1n) is 13.8. The second kappa shape index (κ2) is 13.0. The minimum absolute atomic E-state index is 0.0103. The summed E-state index contributed by atoms with van der Waals surface area (Å²) in [5.74, 6) is -4.65. The molecule has 238 valence electrons. The Morgan fingerprint density at radius 3 is 2.27 bits per heavy atom. The highest BCUT2D eigenvalue weighted by atomic mass is 35.5. The number of piperidine rings is 1. The number of halogens is 7. The van der Waals surface area contributed by atoms with Crippen LogP contribution in [0.25, 0.3) is 5.69 Å². The fourth-order valence-electron chi connectivity index (χ4n) is 6.04. The van der Waals surface area contributed by atoms with Gasteiger partial charge in [-0.05, 0) is 75.4 Å². The lowest BCUT2D eigenvalue weighted by Crippen LogP contribution is -2.43. The molecule has 1 saturated carbocycles. The molecule has 0 unspecified atom stereocenters. The van der Waals surface area contributed by atoms with Crippen molar-refractivity contribution in [3.8, 4) is 5.69 Å². The van der Waals surface area contributed by atoms with E-state index in [1.807, 2.05) is 23.4 Å². The number of alkyl halides is 3. The van der Waals surface area contributed by atoms with E-state index in [-0.39, 0.29) is 17.7 Å². The van der Waals surface area contributed by atoms with Crippen LogP contribution in [0.2, 0.25) is 10.0 Å². The highest BCUT2D eigenvalue weighted by Gasteiger charge is 2.46. The third kappa shape index (κ3) is 7.70. The summed E-state index contributed by atoms with van der Waals surface area (Å²) in [6.07, 6.45) is -2.62. The van der Waals surface area contributed by atoms with Crippen LogP contribution in [-0.2, 0) is 9.59 Å². The predicted octanol–water partition coefficient (Wildman–Crippen LogP) is 7.02. The number of carbonyl (C=O) groups excluding carboxylic acids is 1. The third-order valence-corrected chi connectivity index (χ3v) is 8.55. The van der Waals surface area contributed by atoms with E-state index in [0.29, 0.717) is 41.5 Å². The maximum absolute atomic E-state index is 14.7. The molecule has 2 aromatic carbocycles. The van der Waals surface area contributed by atoms with Crippen molar-refractivity contribution in [3.63, 3.8) is 0 Å². The van der Waals surface area contributed by atoms with Gasteiger partial charge in [0.15, 0.2) is 0 Å². The zero-order valence-electron chi connectivity index (χ0n) is 23.8. The highest BCUT2D eigenvalue weighted by Crippen LogP contribution is 2.46. The van der Waals surface area contributed by atoms with E-state index in [0.717, 1.165) is 36.0 Å². The maximum atomic E-state index is 14.7. The molecule has 0 radical (unpaired) electrons. The number of likely N-dealkylation sites (tertiary alicyclic amines) is 1. The zero-order chi connectivity index (χ0) is 32.6. The topological polar surface area (TPSA) is 101 Å². The summed E-state index contributed by atoms with van der Waals surface area (Å²) in [4.78, 5) is 24.5. The second-order valence-corrected chi connectivity index (χ2v) is 12.4. The molecule has 3 aromatic rings.